The highest BCUT2D eigenvalue weighted by molar-refractivity contribution is 5.96. The second kappa shape index (κ2) is 8.55. The zero-order chi connectivity index (χ0) is 20.3. The standard InChI is InChI=1S/C21H27N7O2/c29-21(15-3-5-22-6-4-15)26-18-12-23-27-19(18)20-24-16-2-1-14(11-17(16)25-20)13-28-7-9-30-10-8-28/h1-2,11-12,15,22H,3-10,13H2,(H,23,27)(H,24,25)(H,26,29). The summed E-state index contributed by atoms with van der Waals surface area (Å²) < 4.78 is 5.43. The summed E-state index contributed by atoms with van der Waals surface area (Å²) in [4.78, 5) is 23.1. The first-order valence-electron chi connectivity index (χ1n) is 10.6. The maximum absolute atomic E-state index is 12.6. The molecule has 1 aromatic carbocycles. The molecular weight excluding hydrogens is 382 g/mol. The number of carbonyl (C=O) groups is 1. The molecule has 2 saturated heterocycles. The number of nitrogens with zero attached hydrogens (tertiary/aromatic N) is 3. The van der Waals surface area contributed by atoms with Crippen molar-refractivity contribution in [2.24, 2.45) is 5.92 Å². The molecular formula is C21H27N7O2. The molecule has 2 aliphatic rings. The van der Waals surface area contributed by atoms with Crippen molar-refractivity contribution < 1.29 is 9.53 Å². The minimum Gasteiger partial charge on any atom is -0.379 e. The molecule has 0 radical (unpaired) electrons. The van der Waals surface area contributed by atoms with Crippen LogP contribution in [0.25, 0.3) is 22.6 Å². The van der Waals surface area contributed by atoms with Crippen LogP contribution in [0.4, 0.5) is 5.69 Å². The van der Waals surface area contributed by atoms with Gasteiger partial charge >= 0.3 is 0 Å². The van der Waals surface area contributed by atoms with Gasteiger partial charge in [-0.1, -0.05) is 6.07 Å². The van der Waals surface area contributed by atoms with Gasteiger partial charge in [-0.15, -0.1) is 0 Å². The number of hydrogen-bond acceptors (Lipinski definition) is 6. The second-order valence-corrected chi connectivity index (χ2v) is 7.99. The van der Waals surface area contributed by atoms with E-state index in [1.165, 1.54) is 5.56 Å². The van der Waals surface area contributed by atoms with Crippen LogP contribution in [0.5, 0.6) is 0 Å². The molecule has 158 valence electrons. The Hall–Kier alpha value is -2.75. The van der Waals surface area contributed by atoms with Crippen LogP contribution in [0.1, 0.15) is 18.4 Å². The largest absolute Gasteiger partial charge is 0.379 e. The van der Waals surface area contributed by atoms with Gasteiger partial charge in [-0.3, -0.25) is 14.8 Å². The zero-order valence-corrected chi connectivity index (χ0v) is 16.9. The highest BCUT2D eigenvalue weighted by Gasteiger charge is 2.23. The van der Waals surface area contributed by atoms with E-state index in [1.807, 2.05) is 0 Å². The van der Waals surface area contributed by atoms with Crippen molar-refractivity contribution in [3.63, 3.8) is 0 Å². The first-order chi connectivity index (χ1) is 14.8. The number of anilines is 1. The molecule has 0 aliphatic carbocycles. The third-order valence-electron chi connectivity index (χ3n) is 5.89. The molecule has 0 bridgehead atoms. The number of fused-ring (bicyclic) bond motifs is 1. The molecule has 9 heteroatoms. The highest BCUT2D eigenvalue weighted by Crippen LogP contribution is 2.27. The Balaban J connectivity index is 1.33. The fourth-order valence-corrected chi connectivity index (χ4v) is 4.16. The van der Waals surface area contributed by atoms with E-state index in [0.29, 0.717) is 17.2 Å². The van der Waals surface area contributed by atoms with Crippen molar-refractivity contribution in [2.45, 2.75) is 19.4 Å². The van der Waals surface area contributed by atoms with Gasteiger partial charge < -0.3 is 20.4 Å². The molecule has 2 aromatic heterocycles. The van der Waals surface area contributed by atoms with Gasteiger partial charge in [0.25, 0.3) is 0 Å². The van der Waals surface area contributed by atoms with Crippen molar-refractivity contribution >= 4 is 22.6 Å². The number of rotatable bonds is 5. The van der Waals surface area contributed by atoms with Crippen molar-refractivity contribution in [3.8, 4) is 11.5 Å². The number of ether oxygens (including phenoxy) is 1. The summed E-state index contributed by atoms with van der Waals surface area (Å²) in [7, 11) is 0. The number of imidazole rings is 1. The summed E-state index contributed by atoms with van der Waals surface area (Å²) in [6.07, 6.45) is 3.43. The lowest BCUT2D eigenvalue weighted by atomic mass is 9.97. The molecule has 4 N–H and O–H groups in total. The van der Waals surface area contributed by atoms with Crippen LogP contribution >= 0.6 is 0 Å². The number of nitrogens with one attached hydrogen (secondary N) is 4. The molecule has 0 atom stereocenters. The first kappa shape index (κ1) is 19.2. The number of carbonyl (C=O) groups excluding carboxylic acids is 1. The summed E-state index contributed by atoms with van der Waals surface area (Å²) in [5.41, 5.74) is 4.36. The van der Waals surface area contributed by atoms with Gasteiger partial charge in [0.15, 0.2) is 11.5 Å². The van der Waals surface area contributed by atoms with Crippen LogP contribution in [0.15, 0.2) is 24.4 Å². The van der Waals surface area contributed by atoms with Gasteiger partial charge in [-0.25, -0.2) is 4.98 Å². The number of morpholine rings is 1. The fraction of sp³-hybridized carbons (Fsp3) is 0.476. The normalized spacial score (nSPS) is 18.7. The number of hydrogen-bond donors (Lipinski definition) is 4. The van der Waals surface area contributed by atoms with Gasteiger partial charge in [0.1, 0.15) is 0 Å². The zero-order valence-electron chi connectivity index (χ0n) is 16.9. The average molecular weight is 409 g/mol. The number of aromatic nitrogens is 4. The van der Waals surface area contributed by atoms with E-state index in [4.69, 9.17) is 9.72 Å². The van der Waals surface area contributed by atoms with Crippen LogP contribution in [-0.2, 0) is 16.1 Å². The van der Waals surface area contributed by atoms with E-state index >= 15 is 0 Å². The molecule has 0 unspecified atom stereocenters. The summed E-state index contributed by atoms with van der Waals surface area (Å²) in [6.45, 7) is 6.15. The van der Waals surface area contributed by atoms with Crippen LogP contribution in [0.2, 0.25) is 0 Å². The fourth-order valence-electron chi connectivity index (χ4n) is 4.16. The van der Waals surface area contributed by atoms with E-state index in [9.17, 15) is 4.79 Å². The van der Waals surface area contributed by atoms with Crippen molar-refractivity contribution in [3.05, 3.63) is 30.0 Å². The maximum atomic E-state index is 12.6. The molecule has 3 aromatic rings. The highest BCUT2D eigenvalue weighted by atomic mass is 16.5. The van der Waals surface area contributed by atoms with E-state index in [0.717, 1.165) is 69.8 Å². The van der Waals surface area contributed by atoms with Crippen LogP contribution in [0.3, 0.4) is 0 Å². The predicted octanol–water partition coefficient (Wildman–Crippen LogP) is 1.72. The molecule has 30 heavy (non-hydrogen) atoms. The average Bonchev–Trinajstić information content (AvgIpc) is 3.41. The lowest BCUT2D eigenvalue weighted by Gasteiger charge is -2.26. The molecule has 1 amide bonds. The van der Waals surface area contributed by atoms with Crippen LogP contribution < -0.4 is 10.6 Å². The van der Waals surface area contributed by atoms with Crippen molar-refractivity contribution in [1.29, 1.82) is 0 Å². The molecule has 2 fully saturated rings. The summed E-state index contributed by atoms with van der Waals surface area (Å²) in [6, 6.07) is 6.30. The first-order valence-corrected chi connectivity index (χ1v) is 10.6. The molecule has 0 saturated carbocycles. The molecule has 4 heterocycles. The van der Waals surface area contributed by atoms with Gasteiger partial charge in [0, 0.05) is 31.7 Å². The third kappa shape index (κ3) is 4.09. The topological polar surface area (TPSA) is 111 Å². The summed E-state index contributed by atoms with van der Waals surface area (Å²) in [5.74, 6) is 0.728. The Labute approximate surface area is 174 Å². The van der Waals surface area contributed by atoms with Crippen molar-refractivity contribution in [2.75, 3.05) is 44.7 Å². The van der Waals surface area contributed by atoms with Crippen LogP contribution in [0, 0.1) is 5.92 Å². The number of piperidine rings is 1. The number of H-pyrrole nitrogens is 2. The van der Waals surface area contributed by atoms with E-state index in [2.05, 4.69) is 48.9 Å². The predicted molar refractivity (Wildman–Crippen MR) is 114 cm³/mol. The van der Waals surface area contributed by atoms with Gasteiger partial charge in [-0.05, 0) is 43.6 Å². The van der Waals surface area contributed by atoms with E-state index in [-0.39, 0.29) is 11.8 Å². The van der Waals surface area contributed by atoms with Crippen LogP contribution in [-0.4, -0.2) is 70.4 Å². The Kier molecular flexibility index (Phi) is 5.48. The Morgan fingerprint density at radius 3 is 2.90 bits per heavy atom. The number of amides is 1. The van der Waals surface area contributed by atoms with Gasteiger partial charge in [0.2, 0.25) is 5.91 Å². The summed E-state index contributed by atoms with van der Waals surface area (Å²) in [5, 5.41) is 13.5. The minimum absolute atomic E-state index is 0.0346. The van der Waals surface area contributed by atoms with Crippen molar-refractivity contribution in [1.82, 2.24) is 30.4 Å². The second-order valence-electron chi connectivity index (χ2n) is 7.99. The molecule has 5 rings (SSSR count). The Morgan fingerprint density at radius 2 is 2.07 bits per heavy atom. The minimum atomic E-state index is 0.0346. The quantitative estimate of drug-likeness (QED) is 0.511. The van der Waals surface area contributed by atoms with Gasteiger partial charge in [0.05, 0.1) is 29.9 Å². The maximum Gasteiger partial charge on any atom is 0.227 e. The lowest BCUT2D eigenvalue weighted by Crippen LogP contribution is -2.35. The Morgan fingerprint density at radius 1 is 1.23 bits per heavy atom. The van der Waals surface area contributed by atoms with E-state index < -0.39 is 0 Å². The molecule has 2 aliphatic heterocycles. The smallest absolute Gasteiger partial charge is 0.227 e. The molecule has 0 spiro atoms. The summed E-state index contributed by atoms with van der Waals surface area (Å²) >= 11 is 0. The van der Waals surface area contributed by atoms with E-state index in [1.54, 1.807) is 6.20 Å². The lowest BCUT2D eigenvalue weighted by molar-refractivity contribution is -0.120. The SMILES string of the molecule is O=C(Nc1c[nH]nc1-c1nc2cc(CN3CCOCC3)ccc2[nH]1)C1CCNCC1. The number of benzene rings is 1. The number of aromatic amines is 2. The molecule has 9 nitrogen and oxygen atoms in total. The monoisotopic (exact) mass is 409 g/mol. The Bertz CT molecular complexity index is 1020. The third-order valence-corrected chi connectivity index (χ3v) is 5.89. The van der Waals surface area contributed by atoms with Gasteiger partial charge in [-0.2, -0.15) is 5.10 Å².